The molecule has 9 nitrogen and oxygen atoms in total. The molecule has 3 heterocycles. The van der Waals surface area contributed by atoms with E-state index in [-0.39, 0.29) is 11.8 Å². The lowest BCUT2D eigenvalue weighted by atomic mass is 10.1. The molecule has 36 heavy (non-hydrogen) atoms. The second kappa shape index (κ2) is 11.7. The first-order valence-corrected chi connectivity index (χ1v) is 13.7. The van der Waals surface area contributed by atoms with E-state index < -0.39 is 15.5 Å². The van der Waals surface area contributed by atoms with Crippen molar-refractivity contribution in [3.8, 4) is 11.1 Å². The molecule has 1 aliphatic heterocycles. The third-order valence-electron chi connectivity index (χ3n) is 5.96. The predicted molar refractivity (Wildman–Crippen MR) is 140 cm³/mol. The molecule has 0 bridgehead atoms. The van der Waals surface area contributed by atoms with Gasteiger partial charge in [0.15, 0.2) is 5.82 Å². The van der Waals surface area contributed by atoms with Gasteiger partial charge in [-0.3, -0.25) is 9.00 Å². The molecular weight excluding hydrogens is 505 g/mol. The van der Waals surface area contributed by atoms with E-state index in [1.807, 2.05) is 33.5 Å². The molecule has 1 N–H and O–H groups in total. The van der Waals surface area contributed by atoms with Gasteiger partial charge in [-0.25, -0.2) is 28.6 Å². The van der Waals surface area contributed by atoms with Crippen molar-refractivity contribution >= 4 is 39.5 Å². The van der Waals surface area contributed by atoms with Crippen molar-refractivity contribution in [1.29, 1.82) is 0 Å². The minimum atomic E-state index is -2.63. The van der Waals surface area contributed by atoms with Crippen LogP contribution in [0.1, 0.15) is 12.2 Å². The van der Waals surface area contributed by atoms with Gasteiger partial charge >= 0.3 is 0 Å². The standard InChI is InChI=1S/C24H27ClFN7O2S/c1-36(35,16-22(31-17-34)6-7-23-27-14-21(26)15-28-23)33-10-8-32(9-11-33)24-29-12-19(13-30-24)18-2-4-20(25)5-3-18/h2-5,12-15,17,22H,1,6-11,16H2,(H,31,34). The number of nitrogens with one attached hydrogen (secondary N) is 1. The number of carbonyl (C=O) groups excluding carboxylic acids is 1. The number of rotatable bonds is 10. The summed E-state index contributed by atoms with van der Waals surface area (Å²) in [7, 11) is -2.63. The Balaban J connectivity index is 1.32. The van der Waals surface area contributed by atoms with Crippen LogP contribution in [-0.4, -0.2) is 78.7 Å². The molecular formula is C24H27ClFN7O2S. The number of aromatic nitrogens is 4. The van der Waals surface area contributed by atoms with Gasteiger partial charge in [0.1, 0.15) is 5.82 Å². The second-order valence-electron chi connectivity index (χ2n) is 8.47. The molecule has 3 aromatic rings. The van der Waals surface area contributed by atoms with E-state index in [1.54, 1.807) is 12.4 Å². The summed E-state index contributed by atoms with van der Waals surface area (Å²) in [5, 5.41) is 3.39. The Kier molecular flexibility index (Phi) is 8.44. The summed E-state index contributed by atoms with van der Waals surface area (Å²) < 4.78 is 28.4. The van der Waals surface area contributed by atoms with Crippen molar-refractivity contribution in [1.82, 2.24) is 29.6 Å². The number of amides is 1. The second-order valence-corrected chi connectivity index (χ2v) is 11.3. The monoisotopic (exact) mass is 531 g/mol. The van der Waals surface area contributed by atoms with Crippen molar-refractivity contribution in [2.45, 2.75) is 18.9 Å². The van der Waals surface area contributed by atoms with Crippen molar-refractivity contribution < 1.29 is 13.4 Å². The number of hydrogen-bond donors (Lipinski definition) is 1. The van der Waals surface area contributed by atoms with Gasteiger partial charge in [-0.15, -0.1) is 0 Å². The molecule has 0 radical (unpaired) electrons. The molecule has 1 aromatic carbocycles. The van der Waals surface area contributed by atoms with Crippen LogP contribution in [-0.2, 0) is 20.9 Å². The summed E-state index contributed by atoms with van der Waals surface area (Å²) in [5.74, 6) is 4.75. The highest BCUT2D eigenvalue weighted by Crippen LogP contribution is 2.22. The van der Waals surface area contributed by atoms with E-state index in [0.717, 1.165) is 23.5 Å². The highest BCUT2D eigenvalue weighted by atomic mass is 35.5. The third-order valence-corrected chi connectivity index (χ3v) is 8.44. The van der Waals surface area contributed by atoms with E-state index in [4.69, 9.17) is 11.6 Å². The summed E-state index contributed by atoms with van der Waals surface area (Å²) in [6, 6.07) is 7.12. The third kappa shape index (κ3) is 6.74. The minimum Gasteiger partial charge on any atom is -0.355 e. The Bertz CT molecular complexity index is 1250. The highest BCUT2D eigenvalue weighted by Gasteiger charge is 2.26. The van der Waals surface area contributed by atoms with Crippen LogP contribution in [0.3, 0.4) is 0 Å². The maximum Gasteiger partial charge on any atom is 0.225 e. The molecule has 1 amide bonds. The number of anilines is 1. The fourth-order valence-corrected chi connectivity index (χ4v) is 6.06. The number of piperazine rings is 1. The van der Waals surface area contributed by atoms with Gasteiger partial charge in [-0.05, 0) is 30.0 Å². The van der Waals surface area contributed by atoms with Crippen LogP contribution < -0.4 is 10.2 Å². The van der Waals surface area contributed by atoms with E-state index in [0.29, 0.717) is 62.2 Å². The number of aryl methyl sites for hydroxylation is 1. The molecule has 0 spiro atoms. The minimum absolute atomic E-state index is 0.194. The fraction of sp³-hybridized carbons (Fsp3) is 0.333. The van der Waals surface area contributed by atoms with Crippen molar-refractivity contribution in [2.24, 2.45) is 0 Å². The lowest BCUT2D eigenvalue weighted by molar-refractivity contribution is -0.110. The Morgan fingerprint density at radius 3 is 2.28 bits per heavy atom. The summed E-state index contributed by atoms with van der Waals surface area (Å²) in [4.78, 5) is 30.1. The van der Waals surface area contributed by atoms with E-state index in [9.17, 15) is 13.4 Å². The summed E-state index contributed by atoms with van der Waals surface area (Å²) in [6.45, 7) is 2.25. The average molecular weight is 532 g/mol. The zero-order valence-corrected chi connectivity index (χ0v) is 21.2. The Hall–Kier alpha value is -3.15. The number of benzene rings is 1. The first kappa shape index (κ1) is 25.9. The summed E-state index contributed by atoms with van der Waals surface area (Å²) >= 11 is 5.96. The van der Waals surface area contributed by atoms with Crippen LogP contribution in [0, 0.1) is 5.82 Å². The lowest BCUT2D eigenvalue weighted by Gasteiger charge is -2.37. The van der Waals surface area contributed by atoms with Crippen LogP contribution in [0.15, 0.2) is 49.1 Å². The van der Waals surface area contributed by atoms with Gasteiger partial charge in [0.25, 0.3) is 0 Å². The Morgan fingerprint density at radius 1 is 1.03 bits per heavy atom. The number of nitrogens with zero attached hydrogens (tertiary/aromatic N) is 6. The number of carbonyl (C=O) groups is 1. The van der Waals surface area contributed by atoms with Crippen LogP contribution in [0.2, 0.25) is 5.02 Å². The predicted octanol–water partition coefficient (Wildman–Crippen LogP) is 2.23. The van der Waals surface area contributed by atoms with Crippen molar-refractivity contribution in [3.05, 3.63) is 65.7 Å². The average Bonchev–Trinajstić information content (AvgIpc) is 2.89. The van der Waals surface area contributed by atoms with Crippen LogP contribution in [0.4, 0.5) is 10.3 Å². The molecule has 12 heteroatoms. The van der Waals surface area contributed by atoms with Gasteiger partial charge in [-0.2, -0.15) is 0 Å². The first-order chi connectivity index (χ1) is 17.3. The Labute approximate surface area is 214 Å². The van der Waals surface area contributed by atoms with Gasteiger partial charge in [0, 0.05) is 77.1 Å². The number of hydrogen-bond acceptors (Lipinski definition) is 7. The zero-order valence-electron chi connectivity index (χ0n) is 19.6. The molecule has 2 atom stereocenters. The van der Waals surface area contributed by atoms with Gasteiger partial charge < -0.3 is 10.2 Å². The molecule has 190 valence electrons. The molecule has 2 unspecified atom stereocenters. The van der Waals surface area contributed by atoms with E-state index in [1.165, 1.54) is 0 Å². The largest absolute Gasteiger partial charge is 0.355 e. The zero-order chi connectivity index (χ0) is 25.5. The first-order valence-electron chi connectivity index (χ1n) is 11.4. The van der Waals surface area contributed by atoms with E-state index in [2.05, 4.69) is 31.1 Å². The topological polar surface area (TPSA) is 104 Å². The summed E-state index contributed by atoms with van der Waals surface area (Å²) in [6.07, 6.45) is 7.23. The molecule has 0 aliphatic carbocycles. The van der Waals surface area contributed by atoms with Crippen LogP contribution in [0.5, 0.6) is 0 Å². The molecule has 0 saturated carbocycles. The van der Waals surface area contributed by atoms with Gasteiger partial charge in [0.2, 0.25) is 12.4 Å². The lowest BCUT2D eigenvalue weighted by Crippen LogP contribution is -2.51. The maximum absolute atomic E-state index is 13.5. The fourth-order valence-electron chi connectivity index (χ4n) is 4.00. The molecule has 1 saturated heterocycles. The highest BCUT2D eigenvalue weighted by molar-refractivity contribution is 7.98. The van der Waals surface area contributed by atoms with Gasteiger partial charge in [0.05, 0.1) is 12.4 Å². The van der Waals surface area contributed by atoms with Gasteiger partial charge in [-0.1, -0.05) is 23.7 Å². The van der Waals surface area contributed by atoms with Crippen molar-refractivity contribution in [2.75, 3.05) is 36.8 Å². The SMILES string of the molecule is C=S(=O)(CC(CCc1ncc(F)cn1)NC=O)N1CCN(c2ncc(-c3ccc(Cl)cc3)cn2)CC1. The molecule has 1 fully saturated rings. The smallest absolute Gasteiger partial charge is 0.225 e. The van der Waals surface area contributed by atoms with Crippen LogP contribution >= 0.6 is 11.6 Å². The maximum atomic E-state index is 13.5. The molecule has 1 aliphatic rings. The molecule has 2 aromatic heterocycles. The quantitative estimate of drug-likeness (QED) is 0.316. The molecule has 4 rings (SSSR count). The number of halogens is 2. The summed E-state index contributed by atoms with van der Waals surface area (Å²) in [5.41, 5.74) is 1.88. The van der Waals surface area contributed by atoms with E-state index >= 15 is 0 Å². The van der Waals surface area contributed by atoms with Crippen molar-refractivity contribution in [3.63, 3.8) is 0 Å². The normalized spacial score (nSPS) is 16.8. The Morgan fingerprint density at radius 2 is 1.67 bits per heavy atom. The van der Waals surface area contributed by atoms with Crippen LogP contribution in [0.25, 0.3) is 11.1 Å².